The Kier molecular flexibility index (Phi) is 5.72. The second kappa shape index (κ2) is 5.00. The summed E-state index contributed by atoms with van der Waals surface area (Å²) in [5.41, 5.74) is 0. The van der Waals surface area contributed by atoms with Gasteiger partial charge in [-0.05, 0) is 0 Å². The van der Waals surface area contributed by atoms with E-state index in [1.165, 1.54) is 0 Å². The van der Waals surface area contributed by atoms with Gasteiger partial charge in [0.2, 0.25) is 0 Å². The first-order valence-corrected chi connectivity index (χ1v) is 3.70. The van der Waals surface area contributed by atoms with Gasteiger partial charge in [-0.25, -0.2) is 0 Å². The van der Waals surface area contributed by atoms with Crippen molar-refractivity contribution in [3.8, 4) is 0 Å². The van der Waals surface area contributed by atoms with Gasteiger partial charge in [-0.3, -0.25) is 0 Å². The second-order valence-corrected chi connectivity index (χ2v) is 3.12. The number of hydrogen-bond acceptors (Lipinski definition) is 0. The molecule has 3 heteroatoms. The van der Waals surface area contributed by atoms with Crippen LogP contribution >= 0.6 is 31.9 Å². The first kappa shape index (κ1) is 10.3. The van der Waals surface area contributed by atoms with Crippen molar-refractivity contribution in [1.29, 1.82) is 0 Å². The normalized spacial score (nSPS) is 8.22. The molecule has 0 unspecified atom stereocenters. The van der Waals surface area contributed by atoms with E-state index in [9.17, 15) is 0 Å². The third-order valence-electron chi connectivity index (χ3n) is 0.737. The molecule has 0 amide bonds. The molecule has 0 heterocycles. The molecular weight excluding hydrogens is 321 g/mol. The van der Waals surface area contributed by atoms with Crippen molar-refractivity contribution in [2.75, 3.05) is 0 Å². The van der Waals surface area contributed by atoms with E-state index in [1.54, 1.807) is 0 Å². The van der Waals surface area contributed by atoms with E-state index in [4.69, 9.17) is 0 Å². The van der Waals surface area contributed by atoms with Gasteiger partial charge in [0.25, 0.3) is 0 Å². The van der Waals surface area contributed by atoms with Gasteiger partial charge in [0.15, 0.2) is 0 Å². The van der Waals surface area contributed by atoms with Crippen LogP contribution in [-0.4, -0.2) is 0 Å². The number of rotatable bonds is 0. The number of benzene rings is 1. The number of halogens is 2. The fraction of sp³-hybridized carbons (Fsp3) is 0. The van der Waals surface area contributed by atoms with E-state index in [0.29, 0.717) is 0 Å². The van der Waals surface area contributed by atoms with Crippen LogP contribution in [0.15, 0.2) is 27.1 Å². The predicted molar refractivity (Wildman–Crippen MR) is 40.7 cm³/mol. The van der Waals surface area contributed by atoms with Crippen molar-refractivity contribution in [2.24, 2.45) is 0 Å². The minimum atomic E-state index is 0. The molecule has 0 saturated carbocycles. The van der Waals surface area contributed by atoms with Crippen molar-refractivity contribution in [2.45, 2.75) is 0 Å². The standard InChI is InChI=1S/C6H3Br2.Y/c7-5-1-2-6(8)4-3-5;/h1-3H;/q-1;. The van der Waals surface area contributed by atoms with E-state index in [2.05, 4.69) is 37.9 Å². The molecule has 45 valence electrons. The summed E-state index contributed by atoms with van der Waals surface area (Å²) < 4.78 is 2.04. The van der Waals surface area contributed by atoms with Crippen molar-refractivity contribution in [1.82, 2.24) is 0 Å². The van der Waals surface area contributed by atoms with Crippen LogP contribution in [0.25, 0.3) is 0 Å². The summed E-state index contributed by atoms with van der Waals surface area (Å²) in [6, 6.07) is 8.73. The summed E-state index contributed by atoms with van der Waals surface area (Å²) in [6.07, 6.45) is 0. The van der Waals surface area contributed by atoms with E-state index in [1.807, 2.05) is 18.2 Å². The molecule has 0 nitrogen and oxygen atoms in total. The predicted octanol–water partition coefficient (Wildman–Crippen LogP) is 3.01. The molecule has 9 heavy (non-hydrogen) atoms. The maximum Gasteiger partial charge on any atom is 0 e. The fourth-order valence-electron chi connectivity index (χ4n) is 0.387. The summed E-state index contributed by atoms with van der Waals surface area (Å²) in [4.78, 5) is 0. The smallest absolute Gasteiger partial charge is 0 e. The van der Waals surface area contributed by atoms with Crippen molar-refractivity contribution >= 4 is 31.9 Å². The summed E-state index contributed by atoms with van der Waals surface area (Å²) in [5, 5.41) is 0. The van der Waals surface area contributed by atoms with Gasteiger partial charge in [-0.15, -0.1) is 15.9 Å². The molecule has 0 aliphatic heterocycles. The van der Waals surface area contributed by atoms with Crippen LogP contribution in [0.4, 0.5) is 0 Å². The Balaban J connectivity index is 0.000000640. The summed E-state index contributed by atoms with van der Waals surface area (Å²) in [5.74, 6) is 0. The number of hydrogen-bond donors (Lipinski definition) is 0. The van der Waals surface area contributed by atoms with Gasteiger partial charge in [0.05, 0.1) is 0 Å². The minimum absolute atomic E-state index is 0. The molecule has 0 saturated heterocycles. The molecule has 0 bridgehead atoms. The van der Waals surface area contributed by atoms with E-state index in [0.717, 1.165) is 8.95 Å². The SMILES string of the molecule is Brc1[c-]cc(Br)cc1.[Y]. The van der Waals surface area contributed by atoms with E-state index >= 15 is 0 Å². The zero-order valence-electron chi connectivity index (χ0n) is 4.57. The Labute approximate surface area is 96.6 Å². The quantitative estimate of drug-likeness (QED) is 0.644. The van der Waals surface area contributed by atoms with E-state index < -0.39 is 0 Å². The fourth-order valence-corrected chi connectivity index (χ4v) is 0.880. The molecule has 0 atom stereocenters. The molecule has 0 aliphatic rings. The molecular formula is C6H3Br2Y-. The Hall–Kier alpha value is 1.28. The van der Waals surface area contributed by atoms with E-state index in [-0.39, 0.29) is 32.7 Å². The largest absolute Gasteiger partial charge is 0.168 e. The van der Waals surface area contributed by atoms with Crippen molar-refractivity contribution in [3.05, 3.63) is 33.2 Å². The first-order chi connectivity index (χ1) is 3.79. The van der Waals surface area contributed by atoms with Gasteiger partial charge < -0.3 is 0 Å². The average Bonchev–Trinajstić information content (AvgIpc) is 1.77. The van der Waals surface area contributed by atoms with Crippen LogP contribution in [0.2, 0.25) is 0 Å². The molecule has 0 fully saturated rings. The summed E-state index contributed by atoms with van der Waals surface area (Å²) >= 11 is 6.56. The van der Waals surface area contributed by atoms with Gasteiger partial charge in [0.1, 0.15) is 0 Å². The molecule has 0 aromatic heterocycles. The zero-order chi connectivity index (χ0) is 5.98. The Morgan fingerprint density at radius 1 is 1.22 bits per heavy atom. The van der Waals surface area contributed by atoms with Crippen LogP contribution in [0.3, 0.4) is 0 Å². The maximum atomic E-state index is 3.29. The topological polar surface area (TPSA) is 0 Å². The first-order valence-electron chi connectivity index (χ1n) is 2.12. The molecule has 0 N–H and O–H groups in total. The monoisotopic (exact) mass is 322 g/mol. The third kappa shape index (κ3) is 3.87. The van der Waals surface area contributed by atoms with Crippen molar-refractivity contribution in [3.63, 3.8) is 0 Å². The summed E-state index contributed by atoms with van der Waals surface area (Å²) in [7, 11) is 0. The van der Waals surface area contributed by atoms with Crippen LogP contribution in [0, 0.1) is 6.07 Å². The molecule has 1 radical (unpaired) electrons. The maximum absolute atomic E-state index is 3.29. The Morgan fingerprint density at radius 2 is 1.89 bits per heavy atom. The van der Waals surface area contributed by atoms with Gasteiger partial charge >= 0.3 is 0 Å². The summed E-state index contributed by atoms with van der Waals surface area (Å²) in [6.45, 7) is 0. The molecule has 1 rings (SSSR count). The Morgan fingerprint density at radius 3 is 2.22 bits per heavy atom. The molecule has 0 aliphatic carbocycles. The average molecular weight is 324 g/mol. The van der Waals surface area contributed by atoms with Crippen LogP contribution in [-0.2, 0) is 32.7 Å². The van der Waals surface area contributed by atoms with Crippen LogP contribution in [0.1, 0.15) is 0 Å². The van der Waals surface area contributed by atoms with Crippen LogP contribution < -0.4 is 0 Å². The van der Waals surface area contributed by atoms with Gasteiger partial charge in [-0.2, -0.15) is 24.3 Å². The van der Waals surface area contributed by atoms with Gasteiger partial charge in [-0.1, -0.05) is 24.9 Å². The Bertz CT molecular complexity index is 150. The minimum Gasteiger partial charge on any atom is -0.168 e. The van der Waals surface area contributed by atoms with Crippen LogP contribution in [0.5, 0.6) is 0 Å². The second-order valence-electron chi connectivity index (χ2n) is 1.35. The zero-order valence-corrected chi connectivity index (χ0v) is 10.6. The molecule has 0 spiro atoms. The third-order valence-corrected chi connectivity index (χ3v) is 1.72. The van der Waals surface area contributed by atoms with Crippen molar-refractivity contribution < 1.29 is 32.7 Å². The van der Waals surface area contributed by atoms with Gasteiger partial charge in [0, 0.05) is 32.7 Å². The molecule has 1 aromatic carbocycles. The molecule has 1 aromatic rings.